The molecule has 1 fully saturated rings. The van der Waals surface area contributed by atoms with Crippen LogP contribution >= 0.6 is 0 Å². The van der Waals surface area contributed by atoms with Crippen molar-refractivity contribution in [2.45, 2.75) is 25.9 Å². The summed E-state index contributed by atoms with van der Waals surface area (Å²) in [6, 6.07) is 13.2. The number of ether oxygens (including phenoxy) is 2. The number of amides is 1. The molecule has 1 heterocycles. The first kappa shape index (κ1) is 17.1. The predicted octanol–water partition coefficient (Wildman–Crippen LogP) is 4.59. The molecule has 25 heavy (non-hydrogen) atoms. The number of nitrogens with zero attached hydrogens (tertiary/aromatic N) is 1. The highest BCUT2D eigenvalue weighted by Gasteiger charge is 2.31. The molecule has 0 aliphatic carbocycles. The van der Waals surface area contributed by atoms with Gasteiger partial charge < -0.3 is 14.4 Å². The minimum atomic E-state index is -4.70. The smallest absolute Gasteiger partial charge is 0.444 e. The Labute approximate surface area is 142 Å². The van der Waals surface area contributed by atoms with Gasteiger partial charge in [-0.3, -0.25) is 0 Å². The fourth-order valence-corrected chi connectivity index (χ4v) is 2.67. The summed E-state index contributed by atoms with van der Waals surface area (Å²) in [6.45, 7) is 2.86. The molecule has 7 heteroatoms. The van der Waals surface area contributed by atoms with Gasteiger partial charge in [0.2, 0.25) is 0 Å². The van der Waals surface area contributed by atoms with Crippen LogP contribution in [0.5, 0.6) is 5.75 Å². The highest BCUT2D eigenvalue weighted by atomic mass is 19.4. The van der Waals surface area contributed by atoms with Gasteiger partial charge in [0.05, 0.1) is 6.54 Å². The van der Waals surface area contributed by atoms with Crippen molar-refractivity contribution in [3.05, 3.63) is 54.1 Å². The molecule has 0 spiro atoms. The summed E-state index contributed by atoms with van der Waals surface area (Å²) in [6.07, 6.45) is -5.13. The number of benzene rings is 2. The van der Waals surface area contributed by atoms with Crippen molar-refractivity contribution < 1.29 is 27.4 Å². The largest absolute Gasteiger partial charge is 0.573 e. The summed E-state index contributed by atoms with van der Waals surface area (Å²) >= 11 is 0. The Hall–Kier alpha value is -2.70. The van der Waals surface area contributed by atoms with Gasteiger partial charge >= 0.3 is 12.5 Å². The molecule has 1 aliphatic heterocycles. The van der Waals surface area contributed by atoms with Crippen molar-refractivity contribution in [2.75, 3.05) is 6.54 Å². The van der Waals surface area contributed by atoms with Crippen molar-refractivity contribution in [3.8, 4) is 16.9 Å². The lowest BCUT2D eigenvalue weighted by Gasteiger charge is -2.13. The van der Waals surface area contributed by atoms with Crippen LogP contribution in [0.15, 0.2) is 48.5 Å². The van der Waals surface area contributed by atoms with Crippen LogP contribution in [0.4, 0.5) is 18.0 Å². The average Bonchev–Trinajstić information content (AvgIpc) is 2.85. The van der Waals surface area contributed by atoms with E-state index in [9.17, 15) is 18.0 Å². The lowest BCUT2D eigenvalue weighted by atomic mass is 10.0. The summed E-state index contributed by atoms with van der Waals surface area (Å²) in [7, 11) is 0. The van der Waals surface area contributed by atoms with Gasteiger partial charge in [0.25, 0.3) is 0 Å². The van der Waals surface area contributed by atoms with Gasteiger partial charge in [-0.05, 0) is 35.7 Å². The number of carbonyl (C=O) groups excluding carboxylic acids is 1. The number of cyclic esters (lactones) is 1. The topological polar surface area (TPSA) is 38.8 Å². The Kier molecular flexibility index (Phi) is 4.57. The van der Waals surface area contributed by atoms with E-state index < -0.39 is 6.36 Å². The van der Waals surface area contributed by atoms with E-state index in [2.05, 4.69) is 4.74 Å². The third-order valence-corrected chi connectivity index (χ3v) is 3.79. The zero-order valence-electron chi connectivity index (χ0n) is 13.4. The first-order valence-electron chi connectivity index (χ1n) is 7.71. The van der Waals surface area contributed by atoms with Gasteiger partial charge in [-0.1, -0.05) is 36.4 Å². The molecule has 1 atom stereocenters. The number of hydrogen-bond donors (Lipinski definition) is 0. The van der Waals surface area contributed by atoms with Crippen molar-refractivity contribution in [3.63, 3.8) is 0 Å². The van der Waals surface area contributed by atoms with E-state index in [1.807, 2.05) is 31.2 Å². The Morgan fingerprint density at radius 2 is 1.64 bits per heavy atom. The first-order chi connectivity index (χ1) is 11.8. The van der Waals surface area contributed by atoms with Gasteiger partial charge in [-0.25, -0.2) is 4.79 Å². The van der Waals surface area contributed by atoms with Crippen LogP contribution in [0.2, 0.25) is 0 Å². The maximum absolute atomic E-state index is 12.2. The molecule has 132 valence electrons. The molecule has 2 aromatic rings. The Balaban J connectivity index is 1.67. The van der Waals surface area contributed by atoms with Crippen LogP contribution in [0, 0.1) is 0 Å². The van der Waals surface area contributed by atoms with Crippen LogP contribution in [0.3, 0.4) is 0 Å². The summed E-state index contributed by atoms with van der Waals surface area (Å²) in [5, 5.41) is 0. The maximum atomic E-state index is 12.2. The molecule has 1 saturated heterocycles. The summed E-state index contributed by atoms with van der Waals surface area (Å²) in [5.74, 6) is -0.255. The summed E-state index contributed by atoms with van der Waals surface area (Å²) in [5.41, 5.74) is 2.58. The number of hydrogen-bond acceptors (Lipinski definition) is 3. The van der Waals surface area contributed by atoms with E-state index in [-0.39, 0.29) is 17.9 Å². The molecule has 0 N–H and O–H groups in total. The summed E-state index contributed by atoms with van der Waals surface area (Å²) < 4.78 is 45.4. The van der Waals surface area contributed by atoms with Crippen molar-refractivity contribution in [1.29, 1.82) is 0 Å². The molecular formula is C18H16F3NO3. The van der Waals surface area contributed by atoms with Gasteiger partial charge in [0.15, 0.2) is 0 Å². The van der Waals surface area contributed by atoms with E-state index in [4.69, 9.17) is 4.74 Å². The quantitative estimate of drug-likeness (QED) is 0.808. The highest BCUT2D eigenvalue weighted by molar-refractivity contribution is 5.70. The first-order valence-corrected chi connectivity index (χ1v) is 7.71. The van der Waals surface area contributed by atoms with Gasteiger partial charge in [-0.15, -0.1) is 13.2 Å². The van der Waals surface area contributed by atoms with Crippen LogP contribution in [-0.2, 0) is 11.3 Å². The molecule has 0 radical (unpaired) electrons. The van der Waals surface area contributed by atoms with Crippen molar-refractivity contribution >= 4 is 6.09 Å². The molecule has 1 aliphatic rings. The average molecular weight is 351 g/mol. The molecule has 0 saturated carbocycles. The number of halogens is 3. The Morgan fingerprint density at radius 3 is 2.12 bits per heavy atom. The van der Waals surface area contributed by atoms with Crippen LogP contribution in [0.25, 0.3) is 11.1 Å². The molecular weight excluding hydrogens is 335 g/mol. The molecule has 3 rings (SSSR count). The third-order valence-electron chi connectivity index (χ3n) is 3.79. The second-order valence-electron chi connectivity index (χ2n) is 5.84. The molecule has 4 nitrogen and oxygen atoms in total. The summed E-state index contributed by atoms with van der Waals surface area (Å²) in [4.78, 5) is 13.2. The van der Waals surface area contributed by atoms with E-state index in [0.29, 0.717) is 13.1 Å². The molecule has 0 aromatic heterocycles. The minimum absolute atomic E-state index is 0.107. The lowest BCUT2D eigenvalue weighted by Crippen LogP contribution is -2.24. The van der Waals surface area contributed by atoms with Crippen LogP contribution in [0.1, 0.15) is 12.5 Å². The van der Waals surface area contributed by atoms with Crippen LogP contribution < -0.4 is 4.74 Å². The maximum Gasteiger partial charge on any atom is 0.573 e. The lowest BCUT2D eigenvalue weighted by molar-refractivity contribution is -0.274. The van der Waals surface area contributed by atoms with E-state index in [1.165, 1.54) is 12.1 Å². The standard InChI is InChI=1S/C18H16F3NO3/c1-12-10-22(17(23)24-12)11-13-2-4-14(5-3-13)15-6-8-16(9-7-15)25-18(19,20)21/h2-9,12H,10-11H2,1H3/t12-/m1/s1. The highest BCUT2D eigenvalue weighted by Crippen LogP contribution is 2.27. The van der Waals surface area contributed by atoms with Crippen LogP contribution in [-0.4, -0.2) is 30.0 Å². The number of rotatable bonds is 4. The molecule has 2 aromatic carbocycles. The predicted molar refractivity (Wildman–Crippen MR) is 84.9 cm³/mol. The molecule has 0 unspecified atom stereocenters. The fourth-order valence-electron chi connectivity index (χ4n) is 2.67. The second kappa shape index (κ2) is 6.66. The van der Waals surface area contributed by atoms with Gasteiger partial charge in [0.1, 0.15) is 11.9 Å². The zero-order valence-corrected chi connectivity index (χ0v) is 13.4. The van der Waals surface area contributed by atoms with Crippen molar-refractivity contribution in [2.24, 2.45) is 0 Å². The Bertz CT molecular complexity index is 742. The number of alkyl halides is 3. The van der Waals surface area contributed by atoms with E-state index in [0.717, 1.165) is 16.7 Å². The monoisotopic (exact) mass is 351 g/mol. The van der Waals surface area contributed by atoms with Gasteiger partial charge in [0, 0.05) is 6.54 Å². The third kappa shape index (κ3) is 4.43. The fraction of sp³-hybridized carbons (Fsp3) is 0.278. The molecule has 0 bridgehead atoms. The van der Waals surface area contributed by atoms with E-state index in [1.54, 1.807) is 17.0 Å². The Morgan fingerprint density at radius 1 is 1.08 bits per heavy atom. The normalized spacial score (nSPS) is 17.5. The van der Waals surface area contributed by atoms with Gasteiger partial charge in [-0.2, -0.15) is 0 Å². The molecule has 1 amide bonds. The van der Waals surface area contributed by atoms with E-state index >= 15 is 0 Å². The zero-order chi connectivity index (χ0) is 18.0. The second-order valence-corrected chi connectivity index (χ2v) is 5.84. The van der Waals surface area contributed by atoms with Crippen molar-refractivity contribution in [1.82, 2.24) is 4.90 Å². The number of carbonyl (C=O) groups is 1. The minimum Gasteiger partial charge on any atom is -0.444 e. The SMILES string of the molecule is C[C@@H]1CN(Cc2ccc(-c3ccc(OC(F)(F)F)cc3)cc2)C(=O)O1.